The van der Waals surface area contributed by atoms with Gasteiger partial charge < -0.3 is 0 Å². The van der Waals surface area contributed by atoms with E-state index in [0.29, 0.717) is 0 Å². The molecular weight excluding hydrogens is 180 g/mol. The molecule has 0 spiro atoms. The normalized spacial score (nSPS) is 9.40. The molecular formula is C15H26. The van der Waals surface area contributed by atoms with Gasteiger partial charge >= 0.3 is 0 Å². The summed E-state index contributed by atoms with van der Waals surface area (Å²) in [5.41, 5.74) is 4.41. The molecule has 0 saturated heterocycles. The number of hydrogen-bond donors (Lipinski definition) is 0. The molecule has 0 aromatic heterocycles. The van der Waals surface area contributed by atoms with Crippen molar-refractivity contribution < 1.29 is 0 Å². The molecule has 0 saturated carbocycles. The van der Waals surface area contributed by atoms with Crippen LogP contribution in [0, 0.1) is 6.92 Å². The highest BCUT2D eigenvalue weighted by Gasteiger charge is 1.96. The molecule has 0 amide bonds. The van der Waals surface area contributed by atoms with Gasteiger partial charge in [0, 0.05) is 0 Å². The first-order valence-corrected chi connectivity index (χ1v) is 6.27. The van der Waals surface area contributed by atoms with Gasteiger partial charge in [0.15, 0.2) is 0 Å². The highest BCUT2D eigenvalue weighted by molar-refractivity contribution is 5.30. The van der Waals surface area contributed by atoms with Crippen LogP contribution in [0.1, 0.15) is 57.2 Å². The van der Waals surface area contributed by atoms with Crippen LogP contribution in [0.5, 0.6) is 0 Å². The van der Waals surface area contributed by atoms with Gasteiger partial charge in [-0.25, -0.2) is 0 Å². The van der Waals surface area contributed by atoms with Gasteiger partial charge in [0.05, 0.1) is 0 Å². The topological polar surface area (TPSA) is 0 Å². The number of rotatable bonds is 3. The standard InChI is InChI=1S/C12H18.C3H8/c1-4-6-11-7-8-12(5-2)10(3)9-11;1-3-2/h7-9H,4-6H2,1-3H3;3H2,1-2H3. The van der Waals surface area contributed by atoms with Crippen LogP contribution in [-0.2, 0) is 12.8 Å². The summed E-state index contributed by atoms with van der Waals surface area (Å²) >= 11 is 0. The Hall–Kier alpha value is -0.780. The van der Waals surface area contributed by atoms with E-state index >= 15 is 0 Å². The summed E-state index contributed by atoms with van der Waals surface area (Å²) in [6.07, 6.45) is 4.86. The van der Waals surface area contributed by atoms with E-state index in [9.17, 15) is 0 Å². The van der Waals surface area contributed by atoms with Crippen LogP contribution in [-0.4, -0.2) is 0 Å². The first kappa shape index (κ1) is 14.2. The van der Waals surface area contributed by atoms with E-state index in [-0.39, 0.29) is 0 Å². The second-order valence-electron chi connectivity index (χ2n) is 4.07. The molecule has 0 N–H and O–H groups in total. The van der Waals surface area contributed by atoms with E-state index in [0.717, 1.165) is 6.42 Å². The van der Waals surface area contributed by atoms with Gasteiger partial charge in [-0.3, -0.25) is 0 Å². The SMILES string of the molecule is CCC.CCCc1ccc(CC)c(C)c1. The Morgan fingerprint density at radius 2 is 1.60 bits per heavy atom. The first-order valence-electron chi connectivity index (χ1n) is 6.27. The molecule has 0 aliphatic heterocycles. The highest BCUT2D eigenvalue weighted by Crippen LogP contribution is 2.12. The van der Waals surface area contributed by atoms with Gasteiger partial charge in [-0.1, -0.05) is 58.7 Å². The number of benzene rings is 1. The predicted molar refractivity (Wildman–Crippen MR) is 70.5 cm³/mol. The summed E-state index contributed by atoms with van der Waals surface area (Å²) in [6, 6.07) is 6.85. The summed E-state index contributed by atoms with van der Waals surface area (Å²) < 4.78 is 0. The average Bonchev–Trinajstić information content (AvgIpc) is 2.20. The summed E-state index contributed by atoms with van der Waals surface area (Å²) in [6.45, 7) is 10.9. The average molecular weight is 206 g/mol. The molecule has 15 heavy (non-hydrogen) atoms. The largest absolute Gasteiger partial charge is 0.0656 e. The second-order valence-corrected chi connectivity index (χ2v) is 4.07. The Kier molecular flexibility index (Phi) is 8.08. The van der Waals surface area contributed by atoms with E-state index in [2.05, 4.69) is 52.8 Å². The van der Waals surface area contributed by atoms with Crippen molar-refractivity contribution in [1.82, 2.24) is 0 Å². The lowest BCUT2D eigenvalue weighted by Gasteiger charge is -2.05. The van der Waals surface area contributed by atoms with Crippen molar-refractivity contribution in [2.75, 3.05) is 0 Å². The third-order valence-corrected chi connectivity index (χ3v) is 2.33. The smallest absolute Gasteiger partial charge is 0.0281 e. The summed E-state index contributed by atoms with van der Waals surface area (Å²) in [4.78, 5) is 0. The summed E-state index contributed by atoms with van der Waals surface area (Å²) in [7, 11) is 0. The van der Waals surface area contributed by atoms with Crippen molar-refractivity contribution >= 4 is 0 Å². The Morgan fingerprint density at radius 1 is 1.00 bits per heavy atom. The molecule has 1 rings (SSSR count). The van der Waals surface area contributed by atoms with Crippen LogP contribution >= 0.6 is 0 Å². The van der Waals surface area contributed by atoms with Crippen LogP contribution in [0.25, 0.3) is 0 Å². The fourth-order valence-corrected chi connectivity index (χ4v) is 1.60. The minimum absolute atomic E-state index is 1.15. The third-order valence-electron chi connectivity index (χ3n) is 2.33. The molecule has 0 unspecified atom stereocenters. The number of hydrogen-bond acceptors (Lipinski definition) is 0. The third kappa shape index (κ3) is 5.61. The Balaban J connectivity index is 0.000000583. The van der Waals surface area contributed by atoms with Gasteiger partial charge in [0.2, 0.25) is 0 Å². The molecule has 1 aromatic rings. The first-order chi connectivity index (χ1) is 7.19. The van der Waals surface area contributed by atoms with E-state index in [1.807, 2.05) is 0 Å². The molecule has 0 aliphatic carbocycles. The molecule has 0 radical (unpaired) electrons. The van der Waals surface area contributed by atoms with Gasteiger partial charge in [-0.15, -0.1) is 0 Å². The lowest BCUT2D eigenvalue weighted by atomic mass is 10.0. The molecule has 0 heterocycles. The summed E-state index contributed by atoms with van der Waals surface area (Å²) in [5.74, 6) is 0. The molecule has 0 fully saturated rings. The molecule has 0 atom stereocenters. The Labute approximate surface area is 95.7 Å². The molecule has 0 aliphatic rings. The van der Waals surface area contributed by atoms with Gasteiger partial charge in [-0.05, 0) is 36.5 Å². The lowest BCUT2D eigenvalue weighted by Crippen LogP contribution is -1.89. The second kappa shape index (κ2) is 8.52. The molecule has 86 valence electrons. The van der Waals surface area contributed by atoms with Crippen molar-refractivity contribution in [3.63, 3.8) is 0 Å². The maximum atomic E-state index is 2.32. The fourth-order valence-electron chi connectivity index (χ4n) is 1.60. The zero-order valence-corrected chi connectivity index (χ0v) is 11.1. The van der Waals surface area contributed by atoms with Crippen molar-refractivity contribution in [3.8, 4) is 0 Å². The minimum Gasteiger partial charge on any atom is -0.0656 e. The maximum Gasteiger partial charge on any atom is -0.0281 e. The zero-order chi connectivity index (χ0) is 11.7. The lowest BCUT2D eigenvalue weighted by molar-refractivity contribution is 0.917. The Bertz CT molecular complexity index is 261. The molecule has 0 heteroatoms. The van der Waals surface area contributed by atoms with E-state index in [1.165, 1.54) is 36.0 Å². The van der Waals surface area contributed by atoms with Crippen LogP contribution < -0.4 is 0 Å². The van der Waals surface area contributed by atoms with Crippen molar-refractivity contribution in [3.05, 3.63) is 34.9 Å². The van der Waals surface area contributed by atoms with Crippen LogP contribution in [0.2, 0.25) is 0 Å². The van der Waals surface area contributed by atoms with E-state index in [4.69, 9.17) is 0 Å². The van der Waals surface area contributed by atoms with Crippen molar-refractivity contribution in [2.24, 2.45) is 0 Å². The van der Waals surface area contributed by atoms with E-state index < -0.39 is 0 Å². The van der Waals surface area contributed by atoms with Gasteiger partial charge in [0.1, 0.15) is 0 Å². The zero-order valence-electron chi connectivity index (χ0n) is 11.1. The fraction of sp³-hybridized carbons (Fsp3) is 0.600. The van der Waals surface area contributed by atoms with Crippen LogP contribution in [0.4, 0.5) is 0 Å². The summed E-state index contributed by atoms with van der Waals surface area (Å²) in [5, 5.41) is 0. The van der Waals surface area contributed by atoms with E-state index in [1.54, 1.807) is 0 Å². The molecule has 0 nitrogen and oxygen atoms in total. The number of aryl methyl sites for hydroxylation is 3. The quantitative estimate of drug-likeness (QED) is 0.658. The van der Waals surface area contributed by atoms with Crippen molar-refractivity contribution in [2.45, 2.75) is 60.3 Å². The maximum absolute atomic E-state index is 2.32. The monoisotopic (exact) mass is 206 g/mol. The highest BCUT2D eigenvalue weighted by atomic mass is 14.0. The van der Waals surface area contributed by atoms with Crippen LogP contribution in [0.3, 0.4) is 0 Å². The minimum atomic E-state index is 1.15. The molecule has 1 aromatic carbocycles. The Morgan fingerprint density at radius 3 is 2.00 bits per heavy atom. The predicted octanol–water partition coefficient (Wildman–Crippen LogP) is 4.93. The van der Waals surface area contributed by atoms with Gasteiger partial charge in [0.25, 0.3) is 0 Å². The van der Waals surface area contributed by atoms with Crippen molar-refractivity contribution in [1.29, 1.82) is 0 Å². The molecule has 0 bridgehead atoms. The van der Waals surface area contributed by atoms with Crippen LogP contribution in [0.15, 0.2) is 18.2 Å². The van der Waals surface area contributed by atoms with Gasteiger partial charge in [-0.2, -0.15) is 0 Å².